The van der Waals surface area contributed by atoms with Crippen LogP contribution in [-0.2, 0) is 4.79 Å². The molecule has 3 heterocycles. The van der Waals surface area contributed by atoms with Crippen molar-refractivity contribution < 1.29 is 19.0 Å². The molecule has 0 spiro atoms. The monoisotopic (exact) mass is 450 g/mol. The van der Waals surface area contributed by atoms with Gasteiger partial charge in [0.15, 0.2) is 11.5 Å². The van der Waals surface area contributed by atoms with Crippen LogP contribution < -0.4 is 19.5 Å². The number of carbonyl (C=O) groups is 1. The highest BCUT2D eigenvalue weighted by Crippen LogP contribution is 2.41. The van der Waals surface area contributed by atoms with Crippen LogP contribution in [0.25, 0.3) is 15.3 Å². The first-order valence-electron chi connectivity index (χ1n) is 10.2. The van der Waals surface area contributed by atoms with E-state index in [1.54, 1.807) is 25.1 Å². The van der Waals surface area contributed by atoms with Gasteiger partial charge in [-0.05, 0) is 42.8 Å². The first-order chi connectivity index (χ1) is 15.6. The van der Waals surface area contributed by atoms with Gasteiger partial charge in [0.1, 0.15) is 11.6 Å². The Hall–Kier alpha value is -3.59. The third-order valence-electron chi connectivity index (χ3n) is 5.48. The normalized spacial score (nSPS) is 15.3. The number of carbonyl (C=O) groups excluding carboxylic acids is 1. The lowest BCUT2D eigenvalue weighted by atomic mass is 9.87. The van der Waals surface area contributed by atoms with Crippen LogP contribution in [0.4, 0.5) is 5.82 Å². The number of methoxy groups -OCH3 is 2. The molecule has 0 radical (unpaired) electrons. The Bertz CT molecular complexity index is 1310. The first-order valence-corrected chi connectivity index (χ1v) is 11.1. The molecule has 0 bridgehead atoms. The van der Waals surface area contributed by atoms with Crippen molar-refractivity contribution >= 4 is 33.3 Å². The number of thiazole rings is 1. The molecule has 1 N–H and O–H groups in total. The molecule has 1 aliphatic heterocycles. The van der Waals surface area contributed by atoms with Gasteiger partial charge in [-0.15, -0.1) is 0 Å². The molecule has 0 unspecified atom stereocenters. The van der Waals surface area contributed by atoms with Crippen LogP contribution in [0.1, 0.15) is 30.4 Å². The Labute approximate surface area is 188 Å². The van der Waals surface area contributed by atoms with Crippen molar-refractivity contribution in [1.82, 2.24) is 14.8 Å². The third kappa shape index (κ3) is 3.44. The fourth-order valence-electron chi connectivity index (χ4n) is 3.95. The molecule has 0 saturated carbocycles. The summed E-state index contributed by atoms with van der Waals surface area (Å²) < 4.78 is 19.1. The number of hydrogen-bond donors (Lipinski definition) is 1. The van der Waals surface area contributed by atoms with Crippen molar-refractivity contribution in [2.45, 2.75) is 19.3 Å². The standard InChI is InChI=1S/C23H22N4O4S/c1-4-31-18-8-5-13(9-19(18)30-3)15-11-21(28)26-22-16(15)12-24-27(22)23-25-17-7-6-14(29-2)10-20(17)32-23/h5-10,12,15H,4,11H2,1-3H3,(H,26,28)/t15-/m1/s1. The molecule has 0 fully saturated rings. The average Bonchev–Trinajstić information content (AvgIpc) is 3.42. The summed E-state index contributed by atoms with van der Waals surface area (Å²) in [4.78, 5) is 17.3. The van der Waals surface area contributed by atoms with Crippen molar-refractivity contribution in [3.05, 3.63) is 53.7 Å². The fourth-order valence-corrected chi connectivity index (χ4v) is 4.91. The predicted octanol–water partition coefficient (Wildman–Crippen LogP) is 4.37. The van der Waals surface area contributed by atoms with Crippen molar-refractivity contribution in [1.29, 1.82) is 0 Å². The number of nitrogens with zero attached hydrogens (tertiary/aromatic N) is 3. The van der Waals surface area contributed by atoms with Crippen LogP contribution >= 0.6 is 11.3 Å². The summed E-state index contributed by atoms with van der Waals surface area (Å²) in [5, 5.41) is 8.23. The number of rotatable bonds is 6. The van der Waals surface area contributed by atoms with E-state index in [1.807, 2.05) is 43.3 Å². The second-order valence-corrected chi connectivity index (χ2v) is 8.35. The zero-order valence-corrected chi connectivity index (χ0v) is 18.7. The van der Waals surface area contributed by atoms with E-state index in [1.165, 1.54) is 11.3 Å². The summed E-state index contributed by atoms with van der Waals surface area (Å²) >= 11 is 1.49. The zero-order chi connectivity index (χ0) is 22.2. The van der Waals surface area contributed by atoms with E-state index >= 15 is 0 Å². The predicted molar refractivity (Wildman–Crippen MR) is 123 cm³/mol. The molecule has 1 aliphatic rings. The highest BCUT2D eigenvalue weighted by molar-refractivity contribution is 7.20. The van der Waals surface area contributed by atoms with E-state index in [0.717, 1.165) is 27.1 Å². The van der Waals surface area contributed by atoms with Crippen LogP contribution in [0.5, 0.6) is 17.2 Å². The maximum absolute atomic E-state index is 12.6. The summed E-state index contributed by atoms with van der Waals surface area (Å²) in [7, 11) is 3.25. The third-order valence-corrected chi connectivity index (χ3v) is 6.47. The molecular formula is C23H22N4O4S. The smallest absolute Gasteiger partial charge is 0.226 e. The summed E-state index contributed by atoms with van der Waals surface area (Å²) in [5.74, 6) is 2.52. The van der Waals surface area contributed by atoms with E-state index in [-0.39, 0.29) is 11.8 Å². The zero-order valence-electron chi connectivity index (χ0n) is 17.9. The molecule has 32 heavy (non-hydrogen) atoms. The number of aromatic nitrogens is 3. The number of nitrogens with one attached hydrogen (secondary N) is 1. The lowest BCUT2D eigenvalue weighted by molar-refractivity contribution is -0.116. The summed E-state index contributed by atoms with van der Waals surface area (Å²) in [6, 6.07) is 11.5. The van der Waals surface area contributed by atoms with Gasteiger partial charge >= 0.3 is 0 Å². The molecule has 1 atom stereocenters. The molecule has 2 aromatic carbocycles. The summed E-state index contributed by atoms with van der Waals surface area (Å²) in [5.41, 5.74) is 2.76. The van der Waals surface area contributed by atoms with Gasteiger partial charge < -0.3 is 19.5 Å². The molecule has 0 saturated heterocycles. The lowest BCUT2D eigenvalue weighted by Crippen LogP contribution is -2.24. The van der Waals surface area contributed by atoms with Gasteiger partial charge in [-0.25, -0.2) is 4.98 Å². The molecule has 8 nitrogen and oxygen atoms in total. The fraction of sp³-hybridized carbons (Fsp3) is 0.261. The van der Waals surface area contributed by atoms with E-state index in [2.05, 4.69) is 10.4 Å². The van der Waals surface area contributed by atoms with E-state index in [9.17, 15) is 4.79 Å². The first kappa shape index (κ1) is 20.3. The number of fused-ring (bicyclic) bond motifs is 2. The SMILES string of the molecule is CCOc1ccc([C@H]2CC(=O)Nc3c2cnn3-c2nc3ccc(OC)cc3s2)cc1OC. The van der Waals surface area contributed by atoms with Crippen LogP contribution in [0.15, 0.2) is 42.6 Å². The quantitative estimate of drug-likeness (QED) is 0.469. The summed E-state index contributed by atoms with van der Waals surface area (Å²) in [6.07, 6.45) is 2.13. The molecule has 164 valence electrons. The molecule has 5 rings (SSSR count). The van der Waals surface area contributed by atoms with E-state index < -0.39 is 0 Å². The van der Waals surface area contributed by atoms with Crippen molar-refractivity contribution in [2.75, 3.05) is 26.1 Å². The Balaban J connectivity index is 1.56. The lowest BCUT2D eigenvalue weighted by Gasteiger charge is -2.24. The minimum Gasteiger partial charge on any atom is -0.497 e. The summed E-state index contributed by atoms with van der Waals surface area (Å²) in [6.45, 7) is 2.48. The van der Waals surface area contributed by atoms with Crippen LogP contribution in [0, 0.1) is 0 Å². The maximum atomic E-state index is 12.6. The van der Waals surface area contributed by atoms with E-state index in [0.29, 0.717) is 35.5 Å². The van der Waals surface area contributed by atoms with Crippen LogP contribution in [0.2, 0.25) is 0 Å². The van der Waals surface area contributed by atoms with Crippen LogP contribution in [-0.4, -0.2) is 41.5 Å². The number of benzene rings is 2. The minimum atomic E-state index is -0.147. The molecule has 0 aliphatic carbocycles. The second kappa shape index (κ2) is 8.16. The number of anilines is 1. The molecule has 1 amide bonds. The average molecular weight is 451 g/mol. The number of amides is 1. The minimum absolute atomic E-state index is 0.0696. The molecule has 4 aromatic rings. The number of hydrogen-bond acceptors (Lipinski definition) is 7. The van der Waals surface area contributed by atoms with Gasteiger partial charge in [-0.2, -0.15) is 9.78 Å². The second-order valence-electron chi connectivity index (χ2n) is 7.34. The number of ether oxygens (including phenoxy) is 3. The van der Waals surface area contributed by atoms with Gasteiger partial charge in [0.05, 0.1) is 37.2 Å². The molecule has 2 aromatic heterocycles. The van der Waals surface area contributed by atoms with Gasteiger partial charge in [0.2, 0.25) is 11.0 Å². The maximum Gasteiger partial charge on any atom is 0.226 e. The topological polar surface area (TPSA) is 87.5 Å². The Morgan fingerprint density at radius 3 is 2.81 bits per heavy atom. The Morgan fingerprint density at radius 2 is 2.03 bits per heavy atom. The van der Waals surface area contributed by atoms with Gasteiger partial charge in [0.25, 0.3) is 0 Å². The van der Waals surface area contributed by atoms with Crippen molar-refractivity contribution in [2.24, 2.45) is 0 Å². The van der Waals surface area contributed by atoms with Crippen molar-refractivity contribution in [3.63, 3.8) is 0 Å². The highest BCUT2D eigenvalue weighted by Gasteiger charge is 2.31. The van der Waals surface area contributed by atoms with Gasteiger partial charge in [0, 0.05) is 17.9 Å². The van der Waals surface area contributed by atoms with Gasteiger partial charge in [-0.3, -0.25) is 4.79 Å². The molecular weight excluding hydrogens is 428 g/mol. The van der Waals surface area contributed by atoms with Crippen molar-refractivity contribution in [3.8, 4) is 22.4 Å². The highest BCUT2D eigenvalue weighted by atomic mass is 32.1. The molecule has 9 heteroatoms. The van der Waals surface area contributed by atoms with E-state index in [4.69, 9.17) is 19.2 Å². The Morgan fingerprint density at radius 1 is 1.16 bits per heavy atom. The Kier molecular flexibility index (Phi) is 5.18. The largest absolute Gasteiger partial charge is 0.497 e. The van der Waals surface area contributed by atoms with Crippen LogP contribution in [0.3, 0.4) is 0 Å². The van der Waals surface area contributed by atoms with Gasteiger partial charge in [-0.1, -0.05) is 17.4 Å².